The van der Waals surface area contributed by atoms with Crippen LogP contribution in [-0.4, -0.2) is 21.5 Å². The molecule has 2 aromatic heterocycles. The van der Waals surface area contributed by atoms with Gasteiger partial charge < -0.3 is 15.3 Å². The van der Waals surface area contributed by atoms with Gasteiger partial charge in [0.15, 0.2) is 5.76 Å². The Kier molecular flexibility index (Phi) is 4.41. The quantitative estimate of drug-likeness (QED) is 0.503. The predicted molar refractivity (Wildman–Crippen MR) is 105 cm³/mol. The molecule has 0 radical (unpaired) electrons. The maximum Gasteiger partial charge on any atom is 0.326 e. The minimum Gasteiger partial charge on any atom is -0.494 e. The van der Waals surface area contributed by atoms with Crippen LogP contribution >= 0.6 is 11.6 Å². The van der Waals surface area contributed by atoms with Gasteiger partial charge in [-0.1, -0.05) is 41.9 Å². The second-order valence-electron chi connectivity index (χ2n) is 6.29. The zero-order chi connectivity index (χ0) is 19.8. The van der Waals surface area contributed by atoms with Crippen molar-refractivity contribution >= 4 is 34.3 Å². The smallest absolute Gasteiger partial charge is 0.326 e. The van der Waals surface area contributed by atoms with Gasteiger partial charge in [0.25, 0.3) is 0 Å². The number of hydrogen-bond donors (Lipinski definition) is 2. The molecule has 2 aromatic carbocycles. The van der Waals surface area contributed by atoms with Crippen LogP contribution in [0.2, 0.25) is 5.02 Å². The van der Waals surface area contributed by atoms with E-state index >= 15 is 0 Å². The molecule has 3 N–H and O–H groups in total. The zero-order valence-electron chi connectivity index (χ0n) is 14.6. The molecule has 28 heavy (non-hydrogen) atoms. The Labute approximate surface area is 164 Å². The molecule has 140 valence electrons. The van der Waals surface area contributed by atoms with E-state index in [4.69, 9.17) is 21.8 Å². The maximum atomic E-state index is 13.0. The number of aromatic hydroxyl groups is 1. The number of amides is 1. The normalized spacial score (nSPS) is 11.0. The zero-order valence-corrected chi connectivity index (χ0v) is 15.3. The fourth-order valence-electron chi connectivity index (χ4n) is 3.21. The summed E-state index contributed by atoms with van der Waals surface area (Å²) < 4.78 is 6.56. The molecule has 7 heteroatoms. The Hall–Kier alpha value is -3.51. The number of carbonyl (C=O) groups excluding carboxylic acids is 2. The summed E-state index contributed by atoms with van der Waals surface area (Å²) in [6.07, 6.45) is 0.523. The number of halogens is 1. The highest BCUT2D eigenvalue weighted by atomic mass is 35.5. The molecule has 2 heterocycles. The van der Waals surface area contributed by atoms with Crippen molar-refractivity contribution in [3.05, 3.63) is 88.3 Å². The molecule has 0 saturated heterocycles. The Balaban J connectivity index is 1.77. The summed E-state index contributed by atoms with van der Waals surface area (Å²) in [4.78, 5) is 24.8. The van der Waals surface area contributed by atoms with Crippen molar-refractivity contribution in [2.75, 3.05) is 0 Å². The summed E-state index contributed by atoms with van der Waals surface area (Å²) in [6, 6.07) is 16.6. The first-order chi connectivity index (χ1) is 13.5. The van der Waals surface area contributed by atoms with Crippen molar-refractivity contribution in [3.63, 3.8) is 0 Å². The minimum atomic E-state index is -0.909. The van der Waals surface area contributed by atoms with Gasteiger partial charge in [0, 0.05) is 16.8 Å². The number of nitrogens with zero attached hydrogens (tertiary/aromatic N) is 1. The lowest BCUT2D eigenvalue weighted by Crippen LogP contribution is -2.18. The van der Waals surface area contributed by atoms with Gasteiger partial charge in [-0.05, 0) is 35.9 Å². The third-order valence-corrected chi connectivity index (χ3v) is 4.69. The van der Waals surface area contributed by atoms with E-state index in [9.17, 15) is 14.7 Å². The molecular weight excluding hydrogens is 380 g/mol. The Morgan fingerprint density at radius 3 is 2.54 bits per heavy atom. The number of rotatable bonds is 4. The first kappa shape index (κ1) is 17.9. The Morgan fingerprint density at radius 1 is 1.07 bits per heavy atom. The fraction of sp³-hybridized carbons (Fsp3) is 0.0476. The van der Waals surface area contributed by atoms with Crippen LogP contribution in [0, 0.1) is 0 Å². The van der Waals surface area contributed by atoms with Gasteiger partial charge in [-0.25, -0.2) is 9.36 Å². The Bertz CT molecular complexity index is 1210. The van der Waals surface area contributed by atoms with Gasteiger partial charge in [-0.15, -0.1) is 0 Å². The van der Waals surface area contributed by atoms with Gasteiger partial charge in [-0.2, -0.15) is 0 Å². The van der Waals surface area contributed by atoms with Crippen LogP contribution in [-0.2, 0) is 6.42 Å². The lowest BCUT2D eigenvalue weighted by atomic mass is 10.1. The summed E-state index contributed by atoms with van der Waals surface area (Å²) in [6.45, 7) is 0. The van der Waals surface area contributed by atoms with Crippen LogP contribution in [0.15, 0.2) is 65.1 Å². The maximum absolute atomic E-state index is 13.0. The van der Waals surface area contributed by atoms with Gasteiger partial charge in [0.2, 0.25) is 11.7 Å². The second kappa shape index (κ2) is 6.90. The van der Waals surface area contributed by atoms with Crippen LogP contribution in [0.1, 0.15) is 27.4 Å². The average Bonchev–Trinajstić information content (AvgIpc) is 3.23. The molecule has 0 bridgehead atoms. The van der Waals surface area contributed by atoms with E-state index in [1.165, 1.54) is 18.2 Å². The fourth-order valence-corrected chi connectivity index (χ4v) is 3.38. The van der Waals surface area contributed by atoms with Crippen molar-refractivity contribution in [3.8, 4) is 5.88 Å². The van der Waals surface area contributed by atoms with E-state index in [1.807, 2.05) is 30.3 Å². The summed E-state index contributed by atoms with van der Waals surface area (Å²) >= 11 is 6.04. The highest BCUT2D eigenvalue weighted by Gasteiger charge is 2.27. The number of primary amides is 1. The molecule has 0 aliphatic rings. The molecule has 0 fully saturated rings. The van der Waals surface area contributed by atoms with E-state index in [0.29, 0.717) is 22.6 Å². The molecular formula is C21H15ClN2O4. The van der Waals surface area contributed by atoms with Gasteiger partial charge in [-0.3, -0.25) is 4.79 Å². The summed E-state index contributed by atoms with van der Waals surface area (Å²) in [7, 11) is 0. The van der Waals surface area contributed by atoms with Gasteiger partial charge >= 0.3 is 6.03 Å². The number of nitrogens with two attached hydrogens (primary N) is 1. The largest absolute Gasteiger partial charge is 0.494 e. The van der Waals surface area contributed by atoms with Crippen LogP contribution < -0.4 is 5.73 Å². The lowest BCUT2D eigenvalue weighted by Gasteiger charge is -2.01. The lowest BCUT2D eigenvalue weighted by molar-refractivity contribution is 0.101. The first-order valence-electron chi connectivity index (χ1n) is 8.46. The Morgan fingerprint density at radius 2 is 1.82 bits per heavy atom. The van der Waals surface area contributed by atoms with E-state index in [-0.39, 0.29) is 16.8 Å². The van der Waals surface area contributed by atoms with Gasteiger partial charge in [0.05, 0.1) is 11.1 Å². The SMILES string of the molecule is NC(=O)n1c(O)c(C(=O)c2ccc(Cc3ccccc3)o2)c2cc(Cl)ccc21. The molecule has 0 aliphatic carbocycles. The number of furan rings is 1. The predicted octanol–water partition coefficient (Wildman–Crippen LogP) is 4.34. The van der Waals surface area contributed by atoms with Gasteiger partial charge in [0.1, 0.15) is 5.76 Å². The van der Waals surface area contributed by atoms with E-state index < -0.39 is 17.7 Å². The third kappa shape index (κ3) is 3.04. The number of benzene rings is 2. The number of ketones is 1. The van der Waals surface area contributed by atoms with Crippen LogP contribution in [0.3, 0.4) is 0 Å². The monoisotopic (exact) mass is 394 g/mol. The molecule has 4 rings (SSSR count). The molecule has 0 saturated carbocycles. The average molecular weight is 395 g/mol. The highest BCUT2D eigenvalue weighted by molar-refractivity contribution is 6.32. The molecule has 6 nitrogen and oxygen atoms in total. The second-order valence-corrected chi connectivity index (χ2v) is 6.73. The van der Waals surface area contributed by atoms with E-state index in [0.717, 1.165) is 10.1 Å². The molecule has 4 aromatic rings. The molecule has 0 aliphatic heterocycles. The van der Waals surface area contributed by atoms with Crippen molar-refractivity contribution in [2.45, 2.75) is 6.42 Å². The minimum absolute atomic E-state index is 0.0460. The summed E-state index contributed by atoms with van der Waals surface area (Å²) in [5.41, 5.74) is 6.59. The molecule has 0 atom stereocenters. The summed E-state index contributed by atoms with van der Waals surface area (Å²) in [5, 5.41) is 11.2. The summed E-state index contributed by atoms with van der Waals surface area (Å²) in [5.74, 6) is -0.463. The number of carbonyl (C=O) groups is 2. The third-order valence-electron chi connectivity index (χ3n) is 4.46. The van der Waals surface area contributed by atoms with Crippen LogP contribution in [0.25, 0.3) is 10.9 Å². The van der Waals surface area contributed by atoms with E-state index in [1.54, 1.807) is 12.1 Å². The van der Waals surface area contributed by atoms with Crippen LogP contribution in [0.5, 0.6) is 5.88 Å². The first-order valence-corrected chi connectivity index (χ1v) is 8.83. The van der Waals surface area contributed by atoms with Crippen molar-refractivity contribution < 1.29 is 19.1 Å². The number of aromatic nitrogens is 1. The standard InChI is InChI=1S/C21H15ClN2O4/c22-13-6-8-16-15(11-13)18(20(26)24(16)21(23)27)19(25)17-9-7-14(28-17)10-12-4-2-1-3-5-12/h1-9,11,26H,10H2,(H2,23,27). The molecule has 1 amide bonds. The van der Waals surface area contributed by atoms with Crippen LogP contribution in [0.4, 0.5) is 4.79 Å². The van der Waals surface area contributed by atoms with Crippen molar-refractivity contribution in [1.82, 2.24) is 4.57 Å². The van der Waals surface area contributed by atoms with Crippen molar-refractivity contribution in [1.29, 1.82) is 0 Å². The molecule has 0 unspecified atom stereocenters. The topological polar surface area (TPSA) is 98.5 Å². The molecule has 0 spiro atoms. The number of hydrogen-bond acceptors (Lipinski definition) is 4. The number of fused-ring (bicyclic) bond motifs is 1. The highest BCUT2D eigenvalue weighted by Crippen LogP contribution is 2.34. The van der Waals surface area contributed by atoms with E-state index in [2.05, 4.69) is 0 Å². The van der Waals surface area contributed by atoms with Crippen molar-refractivity contribution in [2.24, 2.45) is 5.73 Å².